The summed E-state index contributed by atoms with van der Waals surface area (Å²) in [7, 11) is 0. The van der Waals surface area contributed by atoms with Crippen LogP contribution >= 0.6 is 0 Å². The second-order valence-electron chi connectivity index (χ2n) is 4.39. The van der Waals surface area contributed by atoms with Crippen LogP contribution in [-0.4, -0.2) is 37.2 Å². The maximum absolute atomic E-state index is 11.0. The van der Waals surface area contributed by atoms with Gasteiger partial charge in [-0.3, -0.25) is 4.90 Å². The van der Waals surface area contributed by atoms with Gasteiger partial charge >= 0.3 is 6.09 Å². The van der Waals surface area contributed by atoms with Crippen LogP contribution in [0.2, 0.25) is 0 Å². The lowest BCUT2D eigenvalue weighted by molar-refractivity contribution is 0.161. The van der Waals surface area contributed by atoms with Crippen molar-refractivity contribution in [2.45, 2.75) is 12.8 Å². The highest BCUT2D eigenvalue weighted by Crippen LogP contribution is 2.27. The average Bonchev–Trinajstić information content (AvgIpc) is 2.84. The SMILES string of the molecule is Nc1ncnn2c(C3=CN(C(=O)O)CCC3)ccc12. The highest BCUT2D eigenvalue weighted by molar-refractivity contribution is 5.76. The van der Waals surface area contributed by atoms with Gasteiger partial charge in [-0.15, -0.1) is 0 Å². The first kappa shape index (κ1) is 11.5. The fraction of sp³-hybridized carbons (Fsp3) is 0.250. The summed E-state index contributed by atoms with van der Waals surface area (Å²) in [5.74, 6) is 0.410. The van der Waals surface area contributed by atoms with Crippen LogP contribution in [0, 0.1) is 0 Å². The minimum atomic E-state index is -0.938. The molecule has 7 heteroatoms. The molecule has 3 heterocycles. The van der Waals surface area contributed by atoms with Crippen LogP contribution in [0.5, 0.6) is 0 Å². The van der Waals surface area contributed by atoms with E-state index in [4.69, 9.17) is 10.8 Å². The molecule has 98 valence electrons. The average molecular weight is 259 g/mol. The molecular weight excluding hydrogens is 246 g/mol. The number of carbonyl (C=O) groups is 1. The predicted octanol–water partition coefficient (Wildman–Crippen LogP) is 1.43. The number of amides is 1. The molecule has 0 radical (unpaired) electrons. The molecule has 7 nitrogen and oxygen atoms in total. The van der Waals surface area contributed by atoms with E-state index in [1.807, 2.05) is 12.1 Å². The van der Waals surface area contributed by atoms with Gasteiger partial charge in [0.1, 0.15) is 11.8 Å². The third-order valence-electron chi connectivity index (χ3n) is 3.21. The molecule has 0 saturated heterocycles. The number of anilines is 1. The molecule has 3 rings (SSSR count). The van der Waals surface area contributed by atoms with Crippen LogP contribution in [0.4, 0.5) is 10.6 Å². The molecule has 0 bridgehead atoms. The van der Waals surface area contributed by atoms with Gasteiger partial charge in [0.25, 0.3) is 0 Å². The van der Waals surface area contributed by atoms with Crippen LogP contribution in [0.3, 0.4) is 0 Å². The van der Waals surface area contributed by atoms with Crippen LogP contribution in [0.15, 0.2) is 24.7 Å². The summed E-state index contributed by atoms with van der Waals surface area (Å²) in [6.07, 6.45) is 3.73. The highest BCUT2D eigenvalue weighted by Gasteiger charge is 2.19. The smallest absolute Gasteiger partial charge is 0.411 e. The van der Waals surface area contributed by atoms with Crippen molar-refractivity contribution in [3.63, 3.8) is 0 Å². The molecule has 0 atom stereocenters. The Bertz CT molecular complexity index is 676. The van der Waals surface area contributed by atoms with E-state index < -0.39 is 6.09 Å². The highest BCUT2D eigenvalue weighted by atomic mass is 16.4. The number of nitrogens with zero attached hydrogens (tertiary/aromatic N) is 4. The molecule has 3 N–H and O–H groups in total. The Morgan fingerprint density at radius 3 is 3.05 bits per heavy atom. The number of rotatable bonds is 1. The van der Waals surface area contributed by atoms with Crippen molar-refractivity contribution in [1.29, 1.82) is 0 Å². The molecule has 2 aromatic rings. The summed E-state index contributed by atoms with van der Waals surface area (Å²) >= 11 is 0. The van der Waals surface area contributed by atoms with Gasteiger partial charge in [-0.2, -0.15) is 5.10 Å². The summed E-state index contributed by atoms with van der Waals surface area (Å²) in [4.78, 5) is 16.2. The summed E-state index contributed by atoms with van der Waals surface area (Å²) in [6.45, 7) is 0.527. The van der Waals surface area contributed by atoms with E-state index in [1.165, 1.54) is 11.2 Å². The Morgan fingerprint density at radius 1 is 1.42 bits per heavy atom. The van der Waals surface area contributed by atoms with E-state index >= 15 is 0 Å². The standard InChI is InChI=1S/C12H13N5O2/c13-11-10-4-3-9(17(10)15-7-14-11)8-2-1-5-16(6-8)12(18)19/h3-4,6-7H,1-2,5H2,(H,18,19)(H2,13,14,15). The minimum absolute atomic E-state index is 0.410. The lowest BCUT2D eigenvalue weighted by Gasteiger charge is -2.22. The number of carboxylic acid groups (broad SMARTS) is 1. The van der Waals surface area contributed by atoms with Gasteiger partial charge in [-0.1, -0.05) is 0 Å². The van der Waals surface area contributed by atoms with Crippen molar-refractivity contribution in [3.8, 4) is 0 Å². The predicted molar refractivity (Wildman–Crippen MR) is 69.3 cm³/mol. The Labute approximate surface area is 109 Å². The van der Waals surface area contributed by atoms with Crippen molar-refractivity contribution < 1.29 is 9.90 Å². The van der Waals surface area contributed by atoms with Crippen molar-refractivity contribution in [1.82, 2.24) is 19.5 Å². The number of hydrogen-bond donors (Lipinski definition) is 2. The molecule has 0 aliphatic carbocycles. The zero-order valence-electron chi connectivity index (χ0n) is 10.2. The molecule has 0 unspecified atom stereocenters. The van der Waals surface area contributed by atoms with Gasteiger partial charge in [-0.05, 0) is 30.5 Å². The lowest BCUT2D eigenvalue weighted by Crippen LogP contribution is -2.28. The first-order chi connectivity index (χ1) is 9.16. The Kier molecular flexibility index (Phi) is 2.59. The molecule has 1 aliphatic rings. The van der Waals surface area contributed by atoms with E-state index in [2.05, 4.69) is 10.1 Å². The fourth-order valence-corrected chi connectivity index (χ4v) is 2.30. The summed E-state index contributed by atoms with van der Waals surface area (Å²) in [5.41, 5.74) is 8.30. The summed E-state index contributed by atoms with van der Waals surface area (Å²) < 4.78 is 1.69. The summed E-state index contributed by atoms with van der Waals surface area (Å²) in [5, 5.41) is 13.2. The third-order valence-corrected chi connectivity index (χ3v) is 3.21. The van der Waals surface area contributed by atoms with Gasteiger partial charge < -0.3 is 10.8 Å². The monoisotopic (exact) mass is 259 g/mol. The van der Waals surface area contributed by atoms with Gasteiger partial charge in [0.2, 0.25) is 0 Å². The van der Waals surface area contributed by atoms with Gasteiger partial charge in [0.15, 0.2) is 5.82 Å². The molecule has 19 heavy (non-hydrogen) atoms. The lowest BCUT2D eigenvalue weighted by atomic mass is 10.1. The third kappa shape index (κ3) is 1.88. The number of nitrogens with two attached hydrogens (primary N) is 1. The zero-order valence-corrected chi connectivity index (χ0v) is 10.2. The van der Waals surface area contributed by atoms with Gasteiger partial charge in [-0.25, -0.2) is 14.3 Å². The zero-order chi connectivity index (χ0) is 13.4. The molecule has 0 fully saturated rings. The number of aromatic nitrogens is 3. The van der Waals surface area contributed by atoms with Crippen molar-refractivity contribution in [2.24, 2.45) is 0 Å². The molecule has 2 aromatic heterocycles. The summed E-state index contributed by atoms with van der Waals surface area (Å²) in [6, 6.07) is 3.72. The molecule has 0 spiro atoms. The first-order valence-corrected chi connectivity index (χ1v) is 5.95. The van der Waals surface area contributed by atoms with Crippen LogP contribution in [-0.2, 0) is 0 Å². The van der Waals surface area contributed by atoms with E-state index in [9.17, 15) is 4.79 Å². The Balaban J connectivity index is 2.09. The van der Waals surface area contributed by atoms with E-state index in [0.29, 0.717) is 12.4 Å². The first-order valence-electron chi connectivity index (χ1n) is 5.95. The molecular formula is C12H13N5O2. The van der Waals surface area contributed by atoms with Gasteiger partial charge in [0, 0.05) is 12.7 Å². The second-order valence-corrected chi connectivity index (χ2v) is 4.39. The maximum Gasteiger partial charge on any atom is 0.411 e. The van der Waals surface area contributed by atoms with Crippen LogP contribution in [0.25, 0.3) is 11.1 Å². The number of fused-ring (bicyclic) bond motifs is 1. The molecule has 1 aliphatic heterocycles. The van der Waals surface area contributed by atoms with Crippen LogP contribution < -0.4 is 5.73 Å². The normalized spacial score (nSPS) is 15.6. The minimum Gasteiger partial charge on any atom is -0.465 e. The Morgan fingerprint density at radius 2 is 2.26 bits per heavy atom. The molecule has 0 aromatic carbocycles. The van der Waals surface area contributed by atoms with Crippen molar-refractivity contribution in [2.75, 3.05) is 12.3 Å². The second kappa shape index (κ2) is 4.27. The maximum atomic E-state index is 11.0. The molecule has 0 saturated carbocycles. The van der Waals surface area contributed by atoms with E-state index in [0.717, 1.165) is 29.6 Å². The fourth-order valence-electron chi connectivity index (χ4n) is 2.30. The van der Waals surface area contributed by atoms with Gasteiger partial charge in [0.05, 0.1) is 5.69 Å². The largest absolute Gasteiger partial charge is 0.465 e. The van der Waals surface area contributed by atoms with Crippen molar-refractivity contribution in [3.05, 3.63) is 30.4 Å². The van der Waals surface area contributed by atoms with Crippen molar-refractivity contribution >= 4 is 23.0 Å². The van der Waals surface area contributed by atoms with E-state index in [1.54, 1.807) is 10.7 Å². The Hall–Kier alpha value is -2.57. The van der Waals surface area contributed by atoms with Crippen LogP contribution in [0.1, 0.15) is 18.5 Å². The number of hydrogen-bond acceptors (Lipinski definition) is 4. The quantitative estimate of drug-likeness (QED) is 0.807. The number of allylic oxidation sites excluding steroid dienone is 1. The topological polar surface area (TPSA) is 96.8 Å². The number of nitrogen functional groups attached to an aromatic ring is 1. The van der Waals surface area contributed by atoms with E-state index in [-0.39, 0.29) is 0 Å². The molecule has 1 amide bonds.